The van der Waals surface area contributed by atoms with Gasteiger partial charge in [-0.25, -0.2) is 0 Å². The third-order valence-electron chi connectivity index (χ3n) is 2.41. The highest BCUT2D eigenvalue weighted by atomic mass is 32.2. The predicted octanol–water partition coefficient (Wildman–Crippen LogP) is 0.0596. The van der Waals surface area contributed by atoms with E-state index in [4.69, 9.17) is 5.11 Å². The average Bonchev–Trinajstić information content (AvgIpc) is 2.52. The maximum Gasteiger partial charge on any atom is 0.285 e. The molecule has 0 fully saturated rings. The molecule has 0 amide bonds. The highest BCUT2D eigenvalue weighted by molar-refractivity contribution is 7.90. The first kappa shape index (κ1) is 11.1. The standard InChI is InChI=1S/C10H12N2O3S/c1-12(6-7-13)10-8-4-2-3-5-9(8)16(14,15)11-10/h2-5,13H,6-7H2,1H3. The van der Waals surface area contributed by atoms with Crippen molar-refractivity contribution >= 4 is 15.9 Å². The van der Waals surface area contributed by atoms with Gasteiger partial charge in [-0.3, -0.25) is 0 Å². The molecule has 5 nitrogen and oxygen atoms in total. The molecule has 0 aliphatic carbocycles. The molecule has 1 aromatic carbocycles. The Bertz CT molecular complexity index is 537. The van der Waals surface area contributed by atoms with E-state index in [1.807, 2.05) is 0 Å². The fourth-order valence-corrected chi connectivity index (χ4v) is 2.87. The lowest BCUT2D eigenvalue weighted by Gasteiger charge is -2.17. The Kier molecular flexibility index (Phi) is 2.69. The molecule has 0 atom stereocenters. The normalized spacial score (nSPS) is 16.8. The molecule has 6 heteroatoms. The summed E-state index contributed by atoms with van der Waals surface area (Å²) in [5.41, 5.74) is 0.596. The van der Waals surface area contributed by atoms with Gasteiger partial charge in [-0.15, -0.1) is 4.40 Å². The average molecular weight is 240 g/mol. The first-order valence-corrected chi connectivity index (χ1v) is 6.26. The highest BCUT2D eigenvalue weighted by Crippen LogP contribution is 2.26. The first-order valence-electron chi connectivity index (χ1n) is 4.82. The fraction of sp³-hybridized carbons (Fsp3) is 0.300. The van der Waals surface area contributed by atoms with E-state index in [0.29, 0.717) is 17.9 Å². The Balaban J connectivity index is 2.51. The third-order valence-corrected chi connectivity index (χ3v) is 3.73. The van der Waals surface area contributed by atoms with Crippen molar-refractivity contribution in [1.82, 2.24) is 4.90 Å². The van der Waals surface area contributed by atoms with Gasteiger partial charge in [0.25, 0.3) is 10.0 Å². The van der Waals surface area contributed by atoms with Gasteiger partial charge in [0, 0.05) is 19.2 Å². The Labute approximate surface area is 94.1 Å². The van der Waals surface area contributed by atoms with E-state index >= 15 is 0 Å². The summed E-state index contributed by atoms with van der Waals surface area (Å²) in [5.74, 6) is 0.393. The molecular weight excluding hydrogens is 228 g/mol. The van der Waals surface area contributed by atoms with Gasteiger partial charge < -0.3 is 10.0 Å². The number of fused-ring (bicyclic) bond motifs is 1. The van der Waals surface area contributed by atoms with Crippen LogP contribution in [0.25, 0.3) is 0 Å². The fourth-order valence-electron chi connectivity index (χ4n) is 1.62. The Hall–Kier alpha value is -1.40. The van der Waals surface area contributed by atoms with Crippen LogP contribution in [-0.2, 0) is 10.0 Å². The number of rotatable bonds is 2. The van der Waals surface area contributed by atoms with Gasteiger partial charge in [-0.1, -0.05) is 12.1 Å². The van der Waals surface area contributed by atoms with Crippen LogP contribution in [0.5, 0.6) is 0 Å². The number of aliphatic hydroxyl groups is 1. The number of amidine groups is 1. The van der Waals surface area contributed by atoms with Crippen molar-refractivity contribution in [3.8, 4) is 0 Å². The zero-order chi connectivity index (χ0) is 11.8. The molecule has 1 heterocycles. The smallest absolute Gasteiger partial charge is 0.285 e. The molecule has 16 heavy (non-hydrogen) atoms. The number of nitrogens with zero attached hydrogens (tertiary/aromatic N) is 2. The maximum absolute atomic E-state index is 11.7. The second-order valence-electron chi connectivity index (χ2n) is 3.53. The zero-order valence-electron chi connectivity index (χ0n) is 8.79. The molecule has 0 saturated heterocycles. The minimum Gasteiger partial charge on any atom is -0.395 e. The van der Waals surface area contributed by atoms with Crippen LogP contribution in [0.3, 0.4) is 0 Å². The van der Waals surface area contributed by atoms with Gasteiger partial charge in [0.2, 0.25) is 0 Å². The highest BCUT2D eigenvalue weighted by Gasteiger charge is 2.29. The maximum atomic E-state index is 11.7. The lowest BCUT2D eigenvalue weighted by molar-refractivity contribution is 0.264. The number of likely N-dealkylation sites (N-methyl/N-ethyl adjacent to an activating group) is 1. The van der Waals surface area contributed by atoms with Crippen LogP contribution in [0.15, 0.2) is 33.6 Å². The largest absolute Gasteiger partial charge is 0.395 e. The molecule has 2 rings (SSSR count). The van der Waals surface area contributed by atoms with Crippen molar-refractivity contribution in [2.45, 2.75) is 4.90 Å². The quantitative estimate of drug-likeness (QED) is 0.793. The predicted molar refractivity (Wildman–Crippen MR) is 59.9 cm³/mol. The molecule has 0 bridgehead atoms. The van der Waals surface area contributed by atoms with E-state index < -0.39 is 10.0 Å². The first-order chi connectivity index (χ1) is 7.56. The van der Waals surface area contributed by atoms with E-state index in [0.717, 1.165) is 0 Å². The van der Waals surface area contributed by atoms with Gasteiger partial charge in [0.15, 0.2) is 5.84 Å². The van der Waals surface area contributed by atoms with Gasteiger partial charge in [-0.2, -0.15) is 8.42 Å². The third kappa shape index (κ3) is 1.70. The van der Waals surface area contributed by atoms with Crippen LogP contribution in [0.2, 0.25) is 0 Å². The SMILES string of the molecule is CN(CCO)C1=NS(=O)(=O)c2ccccc21. The molecular formula is C10H12N2O3S. The summed E-state index contributed by atoms with van der Waals surface area (Å²) in [7, 11) is -1.85. The minimum atomic E-state index is -3.55. The van der Waals surface area contributed by atoms with Crippen LogP contribution in [0.4, 0.5) is 0 Å². The topological polar surface area (TPSA) is 70.0 Å². The number of sulfonamides is 1. The Morgan fingerprint density at radius 2 is 2.06 bits per heavy atom. The van der Waals surface area contributed by atoms with Crippen LogP contribution < -0.4 is 0 Å². The second-order valence-corrected chi connectivity index (χ2v) is 5.10. The monoisotopic (exact) mass is 240 g/mol. The lowest BCUT2D eigenvalue weighted by Crippen LogP contribution is -2.29. The van der Waals surface area contributed by atoms with Crippen LogP contribution in [0, 0.1) is 0 Å². The van der Waals surface area contributed by atoms with Crippen molar-refractivity contribution in [1.29, 1.82) is 0 Å². The summed E-state index contributed by atoms with van der Waals surface area (Å²) < 4.78 is 27.1. The van der Waals surface area contributed by atoms with Crippen molar-refractivity contribution in [3.05, 3.63) is 29.8 Å². The second kappa shape index (κ2) is 3.88. The number of hydrogen-bond acceptors (Lipinski definition) is 4. The summed E-state index contributed by atoms with van der Waals surface area (Å²) in [4.78, 5) is 1.86. The molecule has 0 aromatic heterocycles. The van der Waals surface area contributed by atoms with Gasteiger partial charge in [-0.05, 0) is 12.1 Å². The lowest BCUT2D eigenvalue weighted by atomic mass is 10.2. The Morgan fingerprint density at radius 3 is 2.75 bits per heavy atom. The van der Waals surface area contributed by atoms with Gasteiger partial charge in [0.05, 0.1) is 6.61 Å². The molecule has 0 saturated carbocycles. The van der Waals surface area contributed by atoms with Crippen molar-refractivity contribution < 1.29 is 13.5 Å². The summed E-state index contributed by atoms with van der Waals surface area (Å²) in [6.07, 6.45) is 0. The molecule has 1 aromatic rings. The molecule has 1 aliphatic heterocycles. The number of aliphatic hydroxyl groups excluding tert-OH is 1. The number of hydrogen-bond donors (Lipinski definition) is 1. The molecule has 86 valence electrons. The van der Waals surface area contributed by atoms with E-state index in [9.17, 15) is 8.42 Å². The van der Waals surface area contributed by atoms with Gasteiger partial charge in [0.1, 0.15) is 4.90 Å². The molecule has 1 aliphatic rings. The zero-order valence-corrected chi connectivity index (χ0v) is 9.61. The summed E-state index contributed by atoms with van der Waals surface area (Å²) in [5, 5.41) is 8.83. The van der Waals surface area contributed by atoms with E-state index in [2.05, 4.69) is 4.40 Å². The molecule has 0 spiro atoms. The van der Waals surface area contributed by atoms with Crippen LogP contribution in [0.1, 0.15) is 5.56 Å². The van der Waals surface area contributed by atoms with E-state index in [1.54, 1.807) is 30.1 Å². The summed E-state index contributed by atoms with van der Waals surface area (Å²) >= 11 is 0. The molecule has 1 N–H and O–H groups in total. The van der Waals surface area contributed by atoms with Crippen molar-refractivity contribution in [3.63, 3.8) is 0 Å². The number of benzene rings is 1. The van der Waals surface area contributed by atoms with Crippen molar-refractivity contribution in [2.24, 2.45) is 4.40 Å². The van der Waals surface area contributed by atoms with E-state index in [-0.39, 0.29) is 11.5 Å². The Morgan fingerprint density at radius 1 is 1.38 bits per heavy atom. The minimum absolute atomic E-state index is 0.0439. The van der Waals surface area contributed by atoms with Crippen LogP contribution in [-0.4, -0.2) is 44.5 Å². The van der Waals surface area contributed by atoms with Crippen molar-refractivity contribution in [2.75, 3.05) is 20.2 Å². The summed E-state index contributed by atoms with van der Waals surface area (Å²) in [6, 6.07) is 6.68. The van der Waals surface area contributed by atoms with E-state index in [1.165, 1.54) is 6.07 Å². The molecule has 0 unspecified atom stereocenters. The van der Waals surface area contributed by atoms with Crippen LogP contribution >= 0.6 is 0 Å². The summed E-state index contributed by atoms with van der Waals surface area (Å²) in [6.45, 7) is 0.306. The molecule has 0 radical (unpaired) electrons. The van der Waals surface area contributed by atoms with Gasteiger partial charge >= 0.3 is 0 Å².